The first kappa shape index (κ1) is 23.1. The molecule has 0 spiro atoms. The summed E-state index contributed by atoms with van der Waals surface area (Å²) in [6, 6.07) is 14.8. The fourth-order valence-electron chi connectivity index (χ4n) is 3.61. The van der Waals surface area contributed by atoms with E-state index < -0.39 is 9.84 Å². The minimum Gasteiger partial charge on any atom is -0.493 e. The molecule has 0 bridgehead atoms. The lowest BCUT2D eigenvalue weighted by Crippen LogP contribution is -2.40. The van der Waals surface area contributed by atoms with E-state index in [9.17, 15) is 13.2 Å². The summed E-state index contributed by atoms with van der Waals surface area (Å²) in [5, 5.41) is 0. The third-order valence-corrected chi connectivity index (χ3v) is 7.15. The van der Waals surface area contributed by atoms with Crippen molar-refractivity contribution in [1.82, 2.24) is 4.90 Å². The molecule has 31 heavy (non-hydrogen) atoms. The fraction of sp³-hybridized carbons (Fsp3) is 0.458. The zero-order valence-corrected chi connectivity index (χ0v) is 19.6. The van der Waals surface area contributed by atoms with Crippen LogP contribution in [0.2, 0.25) is 0 Å². The standard InChI is InChI=1S/C24H32N2O4S/c1-18(2)16-30-23-11-7-20(8-12-23)24(27)26(22-13-14-31(28,29)17-22)15-19-5-9-21(10-6-19)25(3)4/h5-12,18,22H,13-17H2,1-4H3/t22-/m0/s1. The number of nitrogens with zero attached hydrogens (tertiary/aromatic N) is 2. The molecule has 2 aromatic rings. The van der Waals surface area contributed by atoms with Crippen LogP contribution in [0, 0.1) is 5.92 Å². The number of sulfone groups is 1. The highest BCUT2D eigenvalue weighted by Gasteiger charge is 2.35. The Bertz CT molecular complexity index is 983. The van der Waals surface area contributed by atoms with Crippen LogP contribution in [0.15, 0.2) is 48.5 Å². The second kappa shape index (κ2) is 9.73. The summed E-state index contributed by atoms with van der Waals surface area (Å²) in [6.45, 7) is 5.15. The van der Waals surface area contributed by atoms with E-state index in [1.807, 2.05) is 43.3 Å². The van der Waals surface area contributed by atoms with Crippen LogP contribution in [0.5, 0.6) is 5.75 Å². The molecule has 1 aliphatic rings. The van der Waals surface area contributed by atoms with Gasteiger partial charge in [-0.2, -0.15) is 0 Å². The third kappa shape index (κ3) is 6.23. The second-order valence-electron chi connectivity index (χ2n) is 8.78. The van der Waals surface area contributed by atoms with Gasteiger partial charge in [0, 0.05) is 37.9 Å². The maximum absolute atomic E-state index is 13.4. The lowest BCUT2D eigenvalue weighted by molar-refractivity contribution is 0.0681. The summed E-state index contributed by atoms with van der Waals surface area (Å²) in [7, 11) is 0.841. The van der Waals surface area contributed by atoms with Crippen molar-refractivity contribution in [2.75, 3.05) is 37.1 Å². The summed E-state index contributed by atoms with van der Waals surface area (Å²) in [5.74, 6) is 1.13. The quantitative estimate of drug-likeness (QED) is 0.622. The number of benzene rings is 2. The lowest BCUT2D eigenvalue weighted by Gasteiger charge is -2.29. The maximum Gasteiger partial charge on any atom is 0.254 e. The van der Waals surface area contributed by atoms with Crippen molar-refractivity contribution >= 4 is 21.4 Å². The number of carbonyl (C=O) groups is 1. The van der Waals surface area contributed by atoms with Crippen molar-refractivity contribution in [2.45, 2.75) is 32.9 Å². The van der Waals surface area contributed by atoms with Gasteiger partial charge in [0.25, 0.3) is 5.91 Å². The molecule has 6 nitrogen and oxygen atoms in total. The highest BCUT2D eigenvalue weighted by Crippen LogP contribution is 2.24. The van der Waals surface area contributed by atoms with Gasteiger partial charge >= 0.3 is 0 Å². The Labute approximate surface area is 185 Å². The fourth-order valence-corrected chi connectivity index (χ4v) is 5.34. The van der Waals surface area contributed by atoms with E-state index in [0.717, 1.165) is 17.0 Å². The monoisotopic (exact) mass is 444 g/mol. The van der Waals surface area contributed by atoms with Gasteiger partial charge in [-0.25, -0.2) is 8.42 Å². The maximum atomic E-state index is 13.4. The molecule has 1 amide bonds. The number of hydrogen-bond donors (Lipinski definition) is 0. The molecule has 168 valence electrons. The summed E-state index contributed by atoms with van der Waals surface area (Å²) in [6.07, 6.45) is 0.472. The molecule has 3 rings (SSSR count). The van der Waals surface area contributed by atoms with Gasteiger partial charge in [-0.1, -0.05) is 26.0 Å². The van der Waals surface area contributed by atoms with Gasteiger partial charge in [0.2, 0.25) is 0 Å². The van der Waals surface area contributed by atoms with E-state index in [-0.39, 0.29) is 23.5 Å². The number of rotatable bonds is 8. The zero-order valence-electron chi connectivity index (χ0n) is 18.7. The molecule has 0 unspecified atom stereocenters. The van der Waals surface area contributed by atoms with Crippen molar-refractivity contribution in [2.24, 2.45) is 5.92 Å². The first-order valence-corrected chi connectivity index (χ1v) is 12.5. The van der Waals surface area contributed by atoms with Gasteiger partial charge in [0.15, 0.2) is 9.84 Å². The van der Waals surface area contributed by atoms with Crippen LogP contribution in [-0.4, -0.2) is 57.5 Å². The number of anilines is 1. The van der Waals surface area contributed by atoms with E-state index in [0.29, 0.717) is 31.1 Å². The Morgan fingerprint density at radius 1 is 1.06 bits per heavy atom. The third-order valence-electron chi connectivity index (χ3n) is 5.40. The molecule has 0 N–H and O–H groups in total. The Morgan fingerprint density at radius 2 is 1.71 bits per heavy atom. The van der Waals surface area contributed by atoms with Crippen LogP contribution in [-0.2, 0) is 16.4 Å². The summed E-state index contributed by atoms with van der Waals surface area (Å²) < 4.78 is 29.9. The number of ether oxygens (including phenoxy) is 1. The molecule has 0 aliphatic carbocycles. The molecule has 0 saturated carbocycles. The van der Waals surface area contributed by atoms with Gasteiger partial charge in [-0.05, 0) is 54.3 Å². The van der Waals surface area contributed by atoms with E-state index in [1.165, 1.54) is 0 Å². The van der Waals surface area contributed by atoms with Crippen molar-refractivity contribution in [1.29, 1.82) is 0 Å². The highest BCUT2D eigenvalue weighted by atomic mass is 32.2. The molecule has 0 aromatic heterocycles. The second-order valence-corrected chi connectivity index (χ2v) is 11.0. The number of amides is 1. The number of carbonyl (C=O) groups excluding carboxylic acids is 1. The Morgan fingerprint density at radius 3 is 2.23 bits per heavy atom. The molecule has 1 heterocycles. The molecule has 1 saturated heterocycles. The molecule has 7 heteroatoms. The minimum atomic E-state index is -3.11. The Balaban J connectivity index is 1.81. The van der Waals surface area contributed by atoms with Crippen LogP contribution in [0.3, 0.4) is 0 Å². The average Bonchev–Trinajstić information content (AvgIpc) is 3.10. The van der Waals surface area contributed by atoms with E-state index in [2.05, 4.69) is 13.8 Å². The molecule has 1 atom stereocenters. The predicted octanol–water partition coefficient (Wildman–Crippen LogP) is 3.62. The summed E-state index contributed by atoms with van der Waals surface area (Å²) in [5.41, 5.74) is 2.58. The first-order valence-electron chi connectivity index (χ1n) is 10.6. The molecule has 2 aromatic carbocycles. The topological polar surface area (TPSA) is 66.9 Å². The molecular formula is C24H32N2O4S. The molecule has 1 aliphatic heterocycles. The Hall–Kier alpha value is -2.54. The van der Waals surface area contributed by atoms with E-state index in [4.69, 9.17) is 4.74 Å². The normalized spacial score (nSPS) is 17.5. The molecule has 1 fully saturated rings. The largest absolute Gasteiger partial charge is 0.493 e. The van der Waals surface area contributed by atoms with Gasteiger partial charge in [0.05, 0.1) is 18.1 Å². The predicted molar refractivity (Wildman–Crippen MR) is 124 cm³/mol. The lowest BCUT2D eigenvalue weighted by atomic mass is 10.1. The van der Waals surface area contributed by atoms with Gasteiger partial charge in [0.1, 0.15) is 5.75 Å². The van der Waals surface area contributed by atoms with Crippen molar-refractivity contribution in [3.63, 3.8) is 0 Å². The Kier molecular flexibility index (Phi) is 7.26. The molecule has 0 radical (unpaired) electrons. The van der Waals surface area contributed by atoms with Crippen LogP contribution in [0.4, 0.5) is 5.69 Å². The van der Waals surface area contributed by atoms with Crippen molar-refractivity contribution in [3.8, 4) is 5.75 Å². The first-order chi connectivity index (χ1) is 14.6. The highest BCUT2D eigenvalue weighted by molar-refractivity contribution is 7.91. The van der Waals surface area contributed by atoms with E-state index >= 15 is 0 Å². The molecular weight excluding hydrogens is 412 g/mol. The van der Waals surface area contributed by atoms with Gasteiger partial charge < -0.3 is 14.5 Å². The van der Waals surface area contributed by atoms with Crippen LogP contribution in [0.1, 0.15) is 36.2 Å². The minimum absolute atomic E-state index is 0.0180. The van der Waals surface area contributed by atoms with Crippen LogP contribution < -0.4 is 9.64 Å². The van der Waals surface area contributed by atoms with Gasteiger partial charge in [-0.15, -0.1) is 0 Å². The zero-order chi connectivity index (χ0) is 22.6. The smallest absolute Gasteiger partial charge is 0.254 e. The SMILES string of the molecule is CC(C)COc1ccc(C(=O)N(Cc2ccc(N(C)C)cc2)[C@H]2CCS(=O)(=O)C2)cc1. The summed E-state index contributed by atoms with van der Waals surface area (Å²) >= 11 is 0. The number of hydrogen-bond acceptors (Lipinski definition) is 5. The van der Waals surface area contributed by atoms with Crippen molar-refractivity contribution < 1.29 is 17.9 Å². The van der Waals surface area contributed by atoms with E-state index in [1.54, 1.807) is 29.2 Å². The van der Waals surface area contributed by atoms with Crippen molar-refractivity contribution in [3.05, 3.63) is 59.7 Å². The van der Waals surface area contributed by atoms with Crippen LogP contribution in [0.25, 0.3) is 0 Å². The summed E-state index contributed by atoms with van der Waals surface area (Å²) in [4.78, 5) is 17.1. The van der Waals surface area contributed by atoms with Gasteiger partial charge in [-0.3, -0.25) is 4.79 Å². The average molecular weight is 445 g/mol. The van der Waals surface area contributed by atoms with Crippen LogP contribution >= 0.6 is 0 Å².